The van der Waals surface area contributed by atoms with E-state index in [2.05, 4.69) is 10.6 Å². The van der Waals surface area contributed by atoms with Crippen molar-refractivity contribution in [2.24, 2.45) is 5.92 Å². The lowest BCUT2D eigenvalue weighted by Crippen LogP contribution is -2.47. The molecule has 0 bridgehead atoms. The number of hydrogen-bond acceptors (Lipinski definition) is 4. The van der Waals surface area contributed by atoms with Gasteiger partial charge in [0, 0.05) is 5.69 Å². The second kappa shape index (κ2) is 10.5. The van der Waals surface area contributed by atoms with E-state index in [1.54, 1.807) is 13.8 Å². The molecule has 8 heteroatoms. The highest BCUT2D eigenvalue weighted by Crippen LogP contribution is 2.15. The zero-order valence-electron chi connectivity index (χ0n) is 17.0. The Bertz CT molecular complexity index is 894. The normalized spacial score (nSPS) is 11.7. The first kappa shape index (κ1) is 23.0. The molecule has 0 aliphatic rings. The fraction of sp³-hybridized carbons (Fsp3) is 0.318. The van der Waals surface area contributed by atoms with Crippen LogP contribution in [0.3, 0.4) is 0 Å². The highest BCUT2D eigenvalue weighted by molar-refractivity contribution is 6.01. The van der Waals surface area contributed by atoms with Crippen LogP contribution in [0.2, 0.25) is 0 Å². The molecular weight excluding hydrogens is 394 g/mol. The van der Waals surface area contributed by atoms with E-state index in [0.717, 1.165) is 18.2 Å². The molecule has 2 aromatic rings. The predicted molar refractivity (Wildman–Crippen MR) is 108 cm³/mol. The van der Waals surface area contributed by atoms with Crippen LogP contribution in [-0.4, -0.2) is 30.4 Å². The molecule has 2 aromatic carbocycles. The Balaban J connectivity index is 2.09. The number of esters is 1. The van der Waals surface area contributed by atoms with Crippen LogP contribution in [-0.2, 0) is 9.53 Å². The molecule has 0 aromatic heterocycles. The molecule has 0 heterocycles. The van der Waals surface area contributed by atoms with E-state index in [9.17, 15) is 23.2 Å². The summed E-state index contributed by atoms with van der Waals surface area (Å²) in [6.45, 7) is 5.58. The minimum atomic E-state index is -1.04. The lowest BCUT2D eigenvalue weighted by atomic mass is 10.0. The fourth-order valence-corrected chi connectivity index (χ4v) is 2.65. The van der Waals surface area contributed by atoms with Crippen LogP contribution >= 0.6 is 0 Å². The van der Waals surface area contributed by atoms with E-state index >= 15 is 0 Å². The molecule has 2 rings (SSSR count). The van der Waals surface area contributed by atoms with E-state index in [0.29, 0.717) is 24.3 Å². The molecule has 0 aliphatic carbocycles. The summed E-state index contributed by atoms with van der Waals surface area (Å²) in [5.41, 5.74) is -0.0138. The first-order valence-corrected chi connectivity index (χ1v) is 9.57. The third-order valence-electron chi connectivity index (χ3n) is 4.25. The first-order chi connectivity index (χ1) is 14.2. The SMILES string of the molecule is CCCOC(=O)c1ccc(NC(=O)[C@H](NC(=O)c2c(F)cccc2F)C(C)C)cc1. The van der Waals surface area contributed by atoms with Gasteiger partial charge in [-0.1, -0.05) is 26.8 Å². The molecule has 1 atom stereocenters. The van der Waals surface area contributed by atoms with Crippen molar-refractivity contribution < 1.29 is 27.9 Å². The van der Waals surface area contributed by atoms with Gasteiger partial charge in [0.2, 0.25) is 5.91 Å². The van der Waals surface area contributed by atoms with Crippen molar-refractivity contribution in [1.82, 2.24) is 5.32 Å². The number of hydrogen-bond donors (Lipinski definition) is 2. The number of halogens is 2. The molecule has 0 unspecified atom stereocenters. The second-order valence-electron chi connectivity index (χ2n) is 6.99. The summed E-state index contributed by atoms with van der Waals surface area (Å²) in [5.74, 6) is -4.42. The quantitative estimate of drug-likeness (QED) is 0.637. The molecule has 6 nitrogen and oxygen atoms in total. The number of benzene rings is 2. The van der Waals surface area contributed by atoms with E-state index < -0.39 is 41.0 Å². The van der Waals surface area contributed by atoms with Crippen LogP contribution < -0.4 is 10.6 Å². The van der Waals surface area contributed by atoms with Crippen LogP contribution in [0, 0.1) is 17.6 Å². The molecule has 30 heavy (non-hydrogen) atoms. The maximum absolute atomic E-state index is 13.8. The Morgan fingerprint density at radius 3 is 2.13 bits per heavy atom. The van der Waals surface area contributed by atoms with Gasteiger partial charge in [-0.25, -0.2) is 13.6 Å². The van der Waals surface area contributed by atoms with E-state index in [4.69, 9.17) is 4.74 Å². The maximum atomic E-state index is 13.8. The zero-order valence-corrected chi connectivity index (χ0v) is 17.0. The summed E-state index contributed by atoms with van der Waals surface area (Å²) >= 11 is 0. The zero-order chi connectivity index (χ0) is 22.3. The topological polar surface area (TPSA) is 84.5 Å². The highest BCUT2D eigenvalue weighted by atomic mass is 19.1. The van der Waals surface area contributed by atoms with Gasteiger partial charge in [-0.3, -0.25) is 9.59 Å². The third-order valence-corrected chi connectivity index (χ3v) is 4.25. The van der Waals surface area contributed by atoms with Gasteiger partial charge in [-0.15, -0.1) is 0 Å². The van der Waals surface area contributed by atoms with Gasteiger partial charge in [-0.05, 0) is 48.7 Å². The number of anilines is 1. The van der Waals surface area contributed by atoms with Crippen molar-refractivity contribution in [1.29, 1.82) is 0 Å². The third kappa shape index (κ3) is 5.85. The lowest BCUT2D eigenvalue weighted by Gasteiger charge is -2.22. The average molecular weight is 418 g/mol. The van der Waals surface area contributed by atoms with Crippen molar-refractivity contribution in [3.63, 3.8) is 0 Å². The number of ether oxygens (including phenoxy) is 1. The molecule has 0 spiro atoms. The average Bonchev–Trinajstić information content (AvgIpc) is 2.70. The summed E-state index contributed by atoms with van der Waals surface area (Å²) < 4.78 is 32.7. The van der Waals surface area contributed by atoms with E-state index in [1.165, 1.54) is 24.3 Å². The Morgan fingerprint density at radius 2 is 1.60 bits per heavy atom. The number of nitrogens with one attached hydrogen (secondary N) is 2. The summed E-state index contributed by atoms with van der Waals surface area (Å²) in [7, 11) is 0. The second-order valence-corrected chi connectivity index (χ2v) is 6.99. The molecule has 0 fully saturated rings. The summed E-state index contributed by atoms with van der Waals surface area (Å²) in [6.07, 6.45) is 0.707. The molecule has 2 amide bonds. The molecular formula is C22H24F2N2O4. The van der Waals surface area contributed by atoms with Crippen molar-refractivity contribution in [2.75, 3.05) is 11.9 Å². The van der Waals surface area contributed by atoms with Crippen molar-refractivity contribution >= 4 is 23.5 Å². The summed E-state index contributed by atoms with van der Waals surface area (Å²) in [6, 6.07) is 8.11. The summed E-state index contributed by atoms with van der Waals surface area (Å²) in [5, 5.41) is 5.01. The lowest BCUT2D eigenvalue weighted by molar-refractivity contribution is -0.118. The van der Waals surface area contributed by atoms with Gasteiger partial charge in [0.15, 0.2) is 0 Å². The number of carbonyl (C=O) groups excluding carboxylic acids is 3. The van der Waals surface area contributed by atoms with Gasteiger partial charge < -0.3 is 15.4 Å². The number of amides is 2. The van der Waals surface area contributed by atoms with E-state index in [1.807, 2.05) is 6.92 Å². The maximum Gasteiger partial charge on any atom is 0.338 e. The smallest absolute Gasteiger partial charge is 0.338 e. The van der Waals surface area contributed by atoms with Crippen LogP contribution in [0.4, 0.5) is 14.5 Å². The standard InChI is InChI=1S/C22H24F2N2O4/c1-4-12-30-22(29)14-8-10-15(11-9-14)25-21(28)19(13(2)3)26-20(27)18-16(23)6-5-7-17(18)24/h5-11,13,19H,4,12H2,1-3H3,(H,25,28)(H,26,27)/t19-/m1/s1. The number of carbonyl (C=O) groups is 3. The largest absolute Gasteiger partial charge is 0.462 e. The predicted octanol–water partition coefficient (Wildman–Crippen LogP) is 3.92. The monoisotopic (exact) mass is 418 g/mol. The van der Waals surface area contributed by atoms with Crippen molar-refractivity contribution in [3.8, 4) is 0 Å². The van der Waals surface area contributed by atoms with Crippen molar-refractivity contribution in [3.05, 3.63) is 65.2 Å². The van der Waals surface area contributed by atoms with Gasteiger partial charge >= 0.3 is 5.97 Å². The molecule has 0 saturated heterocycles. The number of rotatable bonds is 8. The highest BCUT2D eigenvalue weighted by Gasteiger charge is 2.27. The van der Waals surface area contributed by atoms with Crippen LogP contribution in [0.5, 0.6) is 0 Å². The molecule has 0 aliphatic heterocycles. The molecule has 160 valence electrons. The van der Waals surface area contributed by atoms with Gasteiger partial charge in [0.05, 0.1) is 12.2 Å². The van der Waals surface area contributed by atoms with E-state index in [-0.39, 0.29) is 5.92 Å². The minimum absolute atomic E-state index is 0.315. The molecule has 0 radical (unpaired) electrons. The van der Waals surface area contributed by atoms with Crippen LogP contribution in [0.1, 0.15) is 47.9 Å². The van der Waals surface area contributed by atoms with Crippen LogP contribution in [0.25, 0.3) is 0 Å². The summed E-state index contributed by atoms with van der Waals surface area (Å²) in [4.78, 5) is 36.8. The fourth-order valence-electron chi connectivity index (χ4n) is 2.65. The Labute approximate surface area is 173 Å². The van der Waals surface area contributed by atoms with Gasteiger partial charge in [0.1, 0.15) is 23.2 Å². The van der Waals surface area contributed by atoms with Crippen molar-refractivity contribution in [2.45, 2.75) is 33.2 Å². The molecule has 2 N–H and O–H groups in total. The Hall–Kier alpha value is -3.29. The van der Waals surface area contributed by atoms with Gasteiger partial charge in [-0.2, -0.15) is 0 Å². The van der Waals surface area contributed by atoms with Crippen LogP contribution in [0.15, 0.2) is 42.5 Å². The Kier molecular flexibility index (Phi) is 8.03. The molecule has 0 saturated carbocycles. The van der Waals surface area contributed by atoms with Gasteiger partial charge in [0.25, 0.3) is 5.91 Å². The Morgan fingerprint density at radius 1 is 1.00 bits per heavy atom. The first-order valence-electron chi connectivity index (χ1n) is 9.57. The minimum Gasteiger partial charge on any atom is -0.462 e.